The molecule has 3 aromatic rings. The Morgan fingerprint density at radius 2 is 1.56 bits per heavy atom. The van der Waals surface area contributed by atoms with Crippen molar-refractivity contribution in [1.29, 1.82) is 0 Å². The van der Waals surface area contributed by atoms with Gasteiger partial charge in [-0.1, -0.05) is 60.1 Å². The Morgan fingerprint density at radius 1 is 0.926 bits per heavy atom. The van der Waals surface area contributed by atoms with Crippen LogP contribution in [0, 0.1) is 6.92 Å². The van der Waals surface area contributed by atoms with Crippen LogP contribution in [0.2, 0.25) is 5.02 Å². The first-order valence-corrected chi connectivity index (χ1v) is 8.90. The second-order valence-corrected chi connectivity index (χ2v) is 6.56. The van der Waals surface area contributed by atoms with E-state index >= 15 is 0 Å². The van der Waals surface area contributed by atoms with Gasteiger partial charge in [0.2, 0.25) is 0 Å². The van der Waals surface area contributed by atoms with Crippen molar-refractivity contribution in [3.8, 4) is 0 Å². The Bertz CT molecular complexity index is 943. The number of carbonyl (C=O) groups excluding carboxylic acids is 2. The fourth-order valence-electron chi connectivity index (χ4n) is 2.72. The van der Waals surface area contributed by atoms with Crippen LogP contribution in [-0.4, -0.2) is 11.8 Å². The molecule has 4 nitrogen and oxygen atoms in total. The van der Waals surface area contributed by atoms with E-state index in [0.29, 0.717) is 22.9 Å². The number of hydrogen-bond donors (Lipinski definition) is 1. The maximum Gasteiger partial charge on any atom is 0.316 e. The van der Waals surface area contributed by atoms with Gasteiger partial charge in [-0.3, -0.25) is 14.5 Å². The number of benzene rings is 3. The van der Waals surface area contributed by atoms with Gasteiger partial charge >= 0.3 is 11.8 Å². The smallest absolute Gasteiger partial charge is 0.316 e. The molecule has 0 atom stereocenters. The van der Waals surface area contributed by atoms with Crippen molar-refractivity contribution in [2.45, 2.75) is 13.5 Å². The molecule has 0 saturated heterocycles. The van der Waals surface area contributed by atoms with Crippen molar-refractivity contribution in [3.05, 3.63) is 95.0 Å². The summed E-state index contributed by atoms with van der Waals surface area (Å²) < 4.78 is 0. The van der Waals surface area contributed by atoms with Crippen molar-refractivity contribution >= 4 is 34.8 Å². The molecule has 1 N–H and O–H groups in total. The Hall–Kier alpha value is -3.11. The number of rotatable bonds is 4. The number of para-hydroxylation sites is 1. The number of carbonyl (C=O) groups is 2. The number of hydrogen-bond acceptors (Lipinski definition) is 2. The van der Waals surface area contributed by atoms with Crippen molar-refractivity contribution in [2.24, 2.45) is 0 Å². The first-order chi connectivity index (χ1) is 13.0. The van der Waals surface area contributed by atoms with Crippen LogP contribution in [0.25, 0.3) is 0 Å². The summed E-state index contributed by atoms with van der Waals surface area (Å²) in [7, 11) is 0. The quantitative estimate of drug-likeness (QED) is 0.661. The topological polar surface area (TPSA) is 49.4 Å². The molecule has 5 heteroatoms. The normalized spacial score (nSPS) is 10.3. The summed E-state index contributed by atoms with van der Waals surface area (Å²) in [6.07, 6.45) is 0. The Kier molecular flexibility index (Phi) is 5.89. The zero-order valence-corrected chi connectivity index (χ0v) is 15.6. The lowest BCUT2D eigenvalue weighted by Crippen LogP contribution is -2.39. The number of nitrogens with one attached hydrogen (secondary N) is 1. The first kappa shape index (κ1) is 18.7. The highest BCUT2D eigenvalue weighted by atomic mass is 35.5. The van der Waals surface area contributed by atoms with E-state index in [9.17, 15) is 9.59 Å². The van der Waals surface area contributed by atoms with Crippen LogP contribution in [0.3, 0.4) is 0 Å². The molecule has 0 heterocycles. The highest BCUT2D eigenvalue weighted by molar-refractivity contribution is 6.44. The van der Waals surface area contributed by atoms with E-state index in [4.69, 9.17) is 11.6 Å². The van der Waals surface area contributed by atoms with Crippen LogP contribution in [0.1, 0.15) is 11.1 Å². The highest BCUT2D eigenvalue weighted by Crippen LogP contribution is 2.21. The van der Waals surface area contributed by atoms with Gasteiger partial charge in [0.25, 0.3) is 0 Å². The average Bonchev–Trinajstić information content (AvgIpc) is 2.69. The number of nitrogens with zero attached hydrogens (tertiary/aromatic N) is 1. The fourth-order valence-corrected chi connectivity index (χ4v) is 2.95. The number of amides is 2. The molecule has 0 aromatic heterocycles. The molecular formula is C22H19ClN2O2. The standard InChI is InChI=1S/C22H19ClN2O2/c1-16-14-18(23)12-13-20(16)24-21(26)22(27)25(19-10-6-3-7-11-19)15-17-8-4-2-5-9-17/h2-14H,15H2,1H3,(H,24,26). The lowest BCUT2D eigenvalue weighted by atomic mass is 10.2. The van der Waals surface area contributed by atoms with Crippen LogP contribution in [-0.2, 0) is 16.1 Å². The third-order valence-electron chi connectivity index (χ3n) is 4.13. The van der Waals surface area contributed by atoms with E-state index < -0.39 is 11.8 Å². The molecule has 0 unspecified atom stereocenters. The number of halogens is 1. The monoisotopic (exact) mass is 378 g/mol. The highest BCUT2D eigenvalue weighted by Gasteiger charge is 2.24. The van der Waals surface area contributed by atoms with E-state index in [0.717, 1.165) is 11.1 Å². The van der Waals surface area contributed by atoms with Crippen molar-refractivity contribution in [3.63, 3.8) is 0 Å². The van der Waals surface area contributed by atoms with Crippen LogP contribution < -0.4 is 10.2 Å². The van der Waals surface area contributed by atoms with Gasteiger partial charge in [-0.25, -0.2) is 0 Å². The van der Waals surface area contributed by atoms with Gasteiger partial charge in [0.1, 0.15) is 0 Å². The second-order valence-electron chi connectivity index (χ2n) is 6.13. The maximum atomic E-state index is 12.9. The SMILES string of the molecule is Cc1cc(Cl)ccc1NC(=O)C(=O)N(Cc1ccccc1)c1ccccc1. The van der Waals surface area contributed by atoms with E-state index in [1.54, 1.807) is 18.2 Å². The van der Waals surface area contributed by atoms with Gasteiger partial charge in [-0.15, -0.1) is 0 Å². The molecule has 3 aromatic carbocycles. The molecule has 0 aliphatic carbocycles. The lowest BCUT2D eigenvalue weighted by molar-refractivity contribution is -0.134. The van der Waals surface area contributed by atoms with E-state index in [1.807, 2.05) is 67.6 Å². The largest absolute Gasteiger partial charge is 0.318 e. The summed E-state index contributed by atoms with van der Waals surface area (Å²) in [4.78, 5) is 27.0. The van der Waals surface area contributed by atoms with Gasteiger partial charge in [-0.2, -0.15) is 0 Å². The van der Waals surface area contributed by atoms with E-state index in [1.165, 1.54) is 4.90 Å². The van der Waals surface area contributed by atoms with E-state index in [2.05, 4.69) is 5.32 Å². The minimum absolute atomic E-state index is 0.302. The summed E-state index contributed by atoms with van der Waals surface area (Å²) in [6.45, 7) is 2.13. The molecule has 27 heavy (non-hydrogen) atoms. The Morgan fingerprint density at radius 3 is 2.19 bits per heavy atom. The lowest BCUT2D eigenvalue weighted by Gasteiger charge is -2.22. The van der Waals surface area contributed by atoms with E-state index in [-0.39, 0.29) is 0 Å². The van der Waals surface area contributed by atoms with Crippen LogP contribution in [0.15, 0.2) is 78.9 Å². The predicted octanol–water partition coefficient (Wildman–Crippen LogP) is 4.82. The zero-order chi connectivity index (χ0) is 19.2. The molecule has 0 fully saturated rings. The third-order valence-corrected chi connectivity index (χ3v) is 4.36. The fraction of sp³-hybridized carbons (Fsp3) is 0.0909. The van der Waals surface area contributed by atoms with Crippen LogP contribution in [0.4, 0.5) is 11.4 Å². The molecule has 0 aliphatic rings. The minimum atomic E-state index is -0.694. The maximum absolute atomic E-state index is 12.9. The molecule has 2 amide bonds. The molecule has 3 rings (SSSR count). The third kappa shape index (κ3) is 4.74. The summed E-state index contributed by atoms with van der Waals surface area (Å²) in [5.74, 6) is -1.32. The summed E-state index contributed by atoms with van der Waals surface area (Å²) in [6, 6.07) is 23.8. The predicted molar refractivity (Wildman–Crippen MR) is 109 cm³/mol. The number of anilines is 2. The van der Waals surface area contributed by atoms with Crippen LogP contribution >= 0.6 is 11.6 Å². The molecule has 136 valence electrons. The molecule has 0 radical (unpaired) electrons. The Balaban J connectivity index is 1.84. The van der Waals surface area contributed by atoms with Crippen molar-refractivity contribution in [2.75, 3.05) is 10.2 Å². The molecule has 0 bridgehead atoms. The minimum Gasteiger partial charge on any atom is -0.318 e. The Labute approximate surface area is 163 Å². The summed E-state index contributed by atoms with van der Waals surface area (Å²) in [5, 5.41) is 3.26. The molecule has 0 saturated carbocycles. The van der Waals surface area contributed by atoms with Crippen molar-refractivity contribution in [1.82, 2.24) is 0 Å². The van der Waals surface area contributed by atoms with Gasteiger partial charge in [0.05, 0.1) is 6.54 Å². The average molecular weight is 379 g/mol. The van der Waals surface area contributed by atoms with Gasteiger partial charge in [0.15, 0.2) is 0 Å². The van der Waals surface area contributed by atoms with Gasteiger partial charge in [-0.05, 0) is 48.4 Å². The summed E-state index contributed by atoms with van der Waals surface area (Å²) in [5.41, 5.74) is 2.95. The van der Waals surface area contributed by atoms with Crippen molar-refractivity contribution < 1.29 is 9.59 Å². The van der Waals surface area contributed by atoms with Gasteiger partial charge in [0, 0.05) is 16.4 Å². The van der Waals surface area contributed by atoms with Crippen LogP contribution in [0.5, 0.6) is 0 Å². The van der Waals surface area contributed by atoms with Gasteiger partial charge < -0.3 is 5.32 Å². The summed E-state index contributed by atoms with van der Waals surface area (Å²) >= 11 is 5.95. The number of aryl methyl sites for hydroxylation is 1. The molecular weight excluding hydrogens is 360 g/mol. The second kappa shape index (κ2) is 8.52. The molecule has 0 aliphatic heterocycles. The first-order valence-electron chi connectivity index (χ1n) is 8.52. The molecule has 0 spiro atoms. The zero-order valence-electron chi connectivity index (χ0n) is 14.9.